The van der Waals surface area contributed by atoms with E-state index in [9.17, 15) is 0 Å². The van der Waals surface area contributed by atoms with E-state index in [-0.39, 0.29) is 5.62 Å². The molecule has 0 unspecified atom stereocenters. The Morgan fingerprint density at radius 3 is 2.89 bits per heavy atom. The second-order valence-electron chi connectivity index (χ2n) is 1.39. The molecular weight excluding hydrogens is 116 g/mol. The van der Waals surface area contributed by atoms with Gasteiger partial charge in [0.2, 0.25) is 5.62 Å². The Balaban J connectivity index is 3.32. The molecule has 4 heteroatoms. The highest BCUT2D eigenvalue weighted by Gasteiger charge is 1.81. The maximum Gasteiger partial charge on any atom is 0.242 e. The average Bonchev–Trinajstić information content (AvgIpc) is 1.89. The summed E-state index contributed by atoms with van der Waals surface area (Å²) < 4.78 is 1.28. The van der Waals surface area contributed by atoms with Crippen molar-refractivity contribution in [2.45, 2.75) is 0 Å². The second kappa shape index (κ2) is 2.21. The highest BCUT2D eigenvalue weighted by Crippen LogP contribution is 1.67. The Morgan fingerprint density at radius 2 is 2.44 bits per heavy atom. The van der Waals surface area contributed by atoms with Gasteiger partial charge < -0.3 is 0 Å². The van der Waals surface area contributed by atoms with E-state index in [1.807, 2.05) is 0 Å². The first-order chi connectivity index (χ1) is 4.34. The molecule has 1 N–H and O–H groups in total. The van der Waals surface area contributed by atoms with Gasteiger partial charge in [0.1, 0.15) is 0 Å². The Morgan fingerprint density at radius 1 is 1.67 bits per heavy atom. The summed E-state index contributed by atoms with van der Waals surface area (Å²) in [5.74, 6) is 0. The van der Waals surface area contributed by atoms with E-state index in [0.29, 0.717) is 0 Å². The van der Waals surface area contributed by atoms with Gasteiger partial charge in [-0.2, -0.15) is 5.10 Å². The van der Waals surface area contributed by atoms with Gasteiger partial charge in [0.05, 0.1) is 12.4 Å². The van der Waals surface area contributed by atoms with Crippen molar-refractivity contribution >= 4 is 6.20 Å². The maximum atomic E-state index is 7.09. The minimum absolute atomic E-state index is 0.0903. The molecule has 0 amide bonds. The molecule has 0 radical (unpaired) electrons. The van der Waals surface area contributed by atoms with Crippen LogP contribution in [0.4, 0.5) is 0 Å². The molecule has 46 valence electrons. The highest BCUT2D eigenvalue weighted by atomic mass is 15.3. The fraction of sp³-hybridized carbons (Fsp3) is 0. The summed E-state index contributed by atoms with van der Waals surface area (Å²) in [6, 6.07) is 0. The third-order valence-electron chi connectivity index (χ3n) is 0.844. The molecule has 0 saturated heterocycles. The molecule has 1 rings (SSSR count). The summed E-state index contributed by atoms with van der Waals surface area (Å²) in [6.07, 6.45) is 4.39. The largest absolute Gasteiger partial charge is 0.265 e. The van der Waals surface area contributed by atoms with Crippen molar-refractivity contribution in [1.29, 1.82) is 5.41 Å². The number of aromatic nitrogens is 3. The molecule has 0 aliphatic heterocycles. The summed E-state index contributed by atoms with van der Waals surface area (Å²) in [5.41, 5.74) is 0.0903. The Bertz CT molecular complexity index is 262. The van der Waals surface area contributed by atoms with Crippen LogP contribution in [0.15, 0.2) is 19.0 Å². The summed E-state index contributed by atoms with van der Waals surface area (Å²) in [4.78, 5) is 3.65. The van der Waals surface area contributed by atoms with Gasteiger partial charge in [-0.25, -0.2) is 9.67 Å². The predicted molar refractivity (Wildman–Crippen MR) is 32.3 cm³/mol. The van der Waals surface area contributed by atoms with E-state index < -0.39 is 0 Å². The third kappa shape index (κ3) is 1.02. The lowest BCUT2D eigenvalue weighted by Crippen LogP contribution is -2.19. The van der Waals surface area contributed by atoms with E-state index in [1.54, 1.807) is 0 Å². The number of hydrogen-bond donors (Lipinski definition) is 1. The van der Waals surface area contributed by atoms with Crippen LogP contribution in [0.25, 0.3) is 6.20 Å². The monoisotopic (exact) mass is 122 g/mol. The molecule has 0 spiro atoms. The molecule has 0 fully saturated rings. The van der Waals surface area contributed by atoms with Crippen LogP contribution in [0.2, 0.25) is 0 Å². The SMILES string of the molecule is C=Cn1nccnc1=N. The summed E-state index contributed by atoms with van der Waals surface area (Å²) >= 11 is 0. The van der Waals surface area contributed by atoms with Gasteiger partial charge in [-0.1, -0.05) is 6.58 Å². The molecular formula is C5H6N4. The van der Waals surface area contributed by atoms with Crippen molar-refractivity contribution in [2.75, 3.05) is 0 Å². The smallest absolute Gasteiger partial charge is 0.242 e. The molecule has 4 nitrogen and oxygen atoms in total. The third-order valence-corrected chi connectivity index (χ3v) is 0.844. The van der Waals surface area contributed by atoms with Gasteiger partial charge in [0.15, 0.2) is 0 Å². The minimum atomic E-state index is 0.0903. The highest BCUT2D eigenvalue weighted by molar-refractivity contribution is 5.09. The Kier molecular flexibility index (Phi) is 1.40. The van der Waals surface area contributed by atoms with Crippen LogP contribution in [0, 0.1) is 5.41 Å². The van der Waals surface area contributed by atoms with Crippen LogP contribution < -0.4 is 5.62 Å². The standard InChI is InChI=1S/C5H6N4/c1-2-9-5(6)7-3-4-8-9/h2-4,6H,1H2. The maximum absolute atomic E-state index is 7.09. The number of hydrogen-bond acceptors (Lipinski definition) is 3. The van der Waals surface area contributed by atoms with Crippen molar-refractivity contribution in [3.63, 3.8) is 0 Å². The lowest BCUT2D eigenvalue weighted by Gasteiger charge is -1.91. The van der Waals surface area contributed by atoms with Crippen LogP contribution in [0.3, 0.4) is 0 Å². The van der Waals surface area contributed by atoms with Crippen LogP contribution in [0.5, 0.6) is 0 Å². The van der Waals surface area contributed by atoms with Gasteiger partial charge >= 0.3 is 0 Å². The lowest BCUT2D eigenvalue weighted by molar-refractivity contribution is 0.758. The van der Waals surface area contributed by atoms with Crippen LogP contribution in [-0.4, -0.2) is 14.8 Å². The van der Waals surface area contributed by atoms with Crippen molar-refractivity contribution in [1.82, 2.24) is 14.8 Å². The minimum Gasteiger partial charge on any atom is -0.265 e. The molecule has 1 heterocycles. The van der Waals surface area contributed by atoms with Gasteiger partial charge in [0, 0.05) is 6.20 Å². The quantitative estimate of drug-likeness (QED) is 0.563. The predicted octanol–water partition coefficient (Wildman–Crippen LogP) is -0.142. The Labute approximate surface area is 52.0 Å². The van der Waals surface area contributed by atoms with Gasteiger partial charge in [-0.15, -0.1) is 0 Å². The number of nitrogens with one attached hydrogen (secondary N) is 1. The van der Waals surface area contributed by atoms with E-state index >= 15 is 0 Å². The fourth-order valence-electron chi connectivity index (χ4n) is 0.453. The van der Waals surface area contributed by atoms with Gasteiger partial charge in [-0.05, 0) is 0 Å². The first-order valence-corrected chi connectivity index (χ1v) is 2.41. The molecule has 1 aromatic heterocycles. The molecule has 0 atom stereocenters. The molecule has 0 aliphatic rings. The van der Waals surface area contributed by atoms with E-state index in [0.717, 1.165) is 0 Å². The van der Waals surface area contributed by atoms with Gasteiger partial charge in [-0.3, -0.25) is 5.41 Å². The van der Waals surface area contributed by atoms with Crippen molar-refractivity contribution in [2.24, 2.45) is 0 Å². The van der Waals surface area contributed by atoms with Crippen LogP contribution in [0.1, 0.15) is 0 Å². The van der Waals surface area contributed by atoms with Gasteiger partial charge in [0.25, 0.3) is 0 Å². The molecule has 1 aromatic rings. The van der Waals surface area contributed by atoms with Crippen LogP contribution >= 0.6 is 0 Å². The zero-order valence-electron chi connectivity index (χ0n) is 4.78. The normalized spacial score (nSPS) is 8.89. The lowest BCUT2D eigenvalue weighted by atomic mass is 10.8. The zero-order valence-corrected chi connectivity index (χ0v) is 4.78. The zero-order chi connectivity index (χ0) is 6.69. The van der Waals surface area contributed by atoms with Crippen molar-refractivity contribution < 1.29 is 0 Å². The topological polar surface area (TPSA) is 54.6 Å². The molecule has 0 bridgehead atoms. The number of rotatable bonds is 1. The summed E-state index contributed by atoms with van der Waals surface area (Å²) in [7, 11) is 0. The first kappa shape index (κ1) is 5.68. The molecule has 0 aromatic carbocycles. The van der Waals surface area contributed by atoms with E-state index in [1.165, 1.54) is 23.3 Å². The van der Waals surface area contributed by atoms with E-state index in [2.05, 4.69) is 16.7 Å². The fourth-order valence-corrected chi connectivity index (χ4v) is 0.453. The van der Waals surface area contributed by atoms with Crippen LogP contribution in [-0.2, 0) is 0 Å². The summed E-state index contributed by atoms with van der Waals surface area (Å²) in [6.45, 7) is 3.43. The number of nitrogens with zero attached hydrogens (tertiary/aromatic N) is 3. The molecule has 9 heavy (non-hydrogen) atoms. The first-order valence-electron chi connectivity index (χ1n) is 2.41. The van der Waals surface area contributed by atoms with Crippen molar-refractivity contribution in [3.05, 3.63) is 24.6 Å². The summed E-state index contributed by atoms with van der Waals surface area (Å²) in [5, 5.41) is 10.8. The average molecular weight is 122 g/mol. The molecule has 0 aliphatic carbocycles. The Hall–Kier alpha value is -1.45. The van der Waals surface area contributed by atoms with E-state index in [4.69, 9.17) is 5.41 Å². The molecule has 0 saturated carbocycles. The second-order valence-corrected chi connectivity index (χ2v) is 1.39. The van der Waals surface area contributed by atoms with Crippen molar-refractivity contribution in [3.8, 4) is 0 Å².